The minimum atomic E-state index is 0.521. The van der Waals surface area contributed by atoms with Crippen molar-refractivity contribution in [3.05, 3.63) is 17.9 Å². The van der Waals surface area contributed by atoms with Crippen molar-refractivity contribution in [2.75, 3.05) is 0 Å². The van der Waals surface area contributed by atoms with Crippen LogP contribution < -0.4 is 0 Å². The summed E-state index contributed by atoms with van der Waals surface area (Å²) >= 11 is 7.90. The van der Waals surface area contributed by atoms with Crippen molar-refractivity contribution in [3.63, 3.8) is 0 Å². The summed E-state index contributed by atoms with van der Waals surface area (Å²) in [5.41, 5.74) is 0. The van der Waals surface area contributed by atoms with Gasteiger partial charge in [0.15, 0.2) is 0 Å². The summed E-state index contributed by atoms with van der Waals surface area (Å²) < 4.78 is 6.03. The summed E-state index contributed by atoms with van der Waals surface area (Å²) in [5.74, 6) is 0. The number of halogens is 2. The Balaban J connectivity index is 4.82. The quantitative estimate of drug-likeness (QED) is 0.511. The second-order valence-corrected chi connectivity index (χ2v) is 7.58. The first-order valence-electron chi connectivity index (χ1n) is 5.53. The van der Waals surface area contributed by atoms with Crippen LogP contribution in [0, 0.1) is 0 Å². The SMILES string of the molecule is CC/C(Br)=C(/CC)[Se]/C(CC)=C(/Br)CC. The zero-order valence-electron chi connectivity index (χ0n) is 9.99. The van der Waals surface area contributed by atoms with Gasteiger partial charge in [-0.2, -0.15) is 0 Å². The fourth-order valence-electron chi connectivity index (χ4n) is 1.18. The zero-order chi connectivity index (χ0) is 11.8. The molecule has 0 aliphatic carbocycles. The number of rotatable bonds is 6. The second kappa shape index (κ2) is 9.04. The maximum atomic E-state index is 3.69. The second-order valence-electron chi connectivity index (χ2n) is 3.17. The van der Waals surface area contributed by atoms with Crippen molar-refractivity contribution in [2.24, 2.45) is 0 Å². The average molecular weight is 403 g/mol. The van der Waals surface area contributed by atoms with Gasteiger partial charge in [-0.1, -0.05) is 0 Å². The van der Waals surface area contributed by atoms with Crippen LogP contribution in [0.2, 0.25) is 0 Å². The third kappa shape index (κ3) is 5.72. The van der Waals surface area contributed by atoms with Gasteiger partial charge in [0.25, 0.3) is 0 Å². The molecule has 0 aromatic heterocycles. The Morgan fingerprint density at radius 3 is 1.27 bits per heavy atom. The van der Waals surface area contributed by atoms with E-state index in [2.05, 4.69) is 59.6 Å². The van der Waals surface area contributed by atoms with Crippen LogP contribution in [0.3, 0.4) is 0 Å². The van der Waals surface area contributed by atoms with E-state index in [-0.39, 0.29) is 0 Å². The van der Waals surface area contributed by atoms with Gasteiger partial charge in [-0.3, -0.25) is 0 Å². The first-order valence-corrected chi connectivity index (χ1v) is 8.83. The molecule has 0 heterocycles. The van der Waals surface area contributed by atoms with E-state index in [4.69, 9.17) is 0 Å². The van der Waals surface area contributed by atoms with E-state index in [1.807, 2.05) is 0 Å². The zero-order valence-corrected chi connectivity index (χ0v) is 14.9. The van der Waals surface area contributed by atoms with E-state index in [1.54, 1.807) is 8.94 Å². The van der Waals surface area contributed by atoms with Crippen LogP contribution in [-0.4, -0.2) is 15.0 Å². The Morgan fingerprint density at radius 2 is 1.07 bits per heavy atom. The maximum absolute atomic E-state index is 3.69. The summed E-state index contributed by atoms with van der Waals surface area (Å²) in [6.07, 6.45) is 4.57. The molecule has 88 valence electrons. The van der Waals surface area contributed by atoms with Gasteiger partial charge in [-0.15, -0.1) is 0 Å². The molecule has 0 spiro atoms. The number of hydrogen-bond acceptors (Lipinski definition) is 0. The third-order valence-electron chi connectivity index (χ3n) is 2.11. The van der Waals surface area contributed by atoms with Crippen LogP contribution in [-0.2, 0) is 0 Å². The summed E-state index contributed by atoms with van der Waals surface area (Å²) in [7, 11) is 0. The topological polar surface area (TPSA) is 0 Å². The van der Waals surface area contributed by atoms with Gasteiger partial charge < -0.3 is 0 Å². The third-order valence-corrected chi connectivity index (χ3v) is 8.65. The van der Waals surface area contributed by atoms with Gasteiger partial charge in [0.05, 0.1) is 0 Å². The molecule has 3 heteroatoms. The molecular weight excluding hydrogens is 383 g/mol. The number of allylic oxidation sites excluding steroid dienone is 4. The molecule has 15 heavy (non-hydrogen) atoms. The molecular formula is C12H20Br2Se. The van der Waals surface area contributed by atoms with Gasteiger partial charge in [0.1, 0.15) is 0 Å². The van der Waals surface area contributed by atoms with Crippen LogP contribution >= 0.6 is 31.9 Å². The van der Waals surface area contributed by atoms with Gasteiger partial charge in [0.2, 0.25) is 0 Å². The molecule has 0 aromatic rings. The Labute approximate surface area is 117 Å². The van der Waals surface area contributed by atoms with E-state index in [9.17, 15) is 0 Å². The molecule has 0 atom stereocenters. The van der Waals surface area contributed by atoms with Crippen LogP contribution in [0.1, 0.15) is 53.4 Å². The molecule has 0 amide bonds. The fraction of sp³-hybridized carbons (Fsp3) is 0.667. The molecule has 0 rings (SSSR count). The minimum absolute atomic E-state index is 0.521. The van der Waals surface area contributed by atoms with Gasteiger partial charge in [-0.25, -0.2) is 0 Å². The van der Waals surface area contributed by atoms with Crippen LogP contribution in [0.4, 0.5) is 0 Å². The molecule has 0 N–H and O–H groups in total. The predicted molar refractivity (Wildman–Crippen MR) is 78.8 cm³/mol. The first kappa shape index (κ1) is 16.0. The van der Waals surface area contributed by atoms with E-state index in [0.717, 1.165) is 12.8 Å². The molecule has 0 aromatic carbocycles. The predicted octanol–water partition coefficient (Wildman–Crippen LogP) is 5.54. The van der Waals surface area contributed by atoms with Crippen LogP contribution in [0.5, 0.6) is 0 Å². The van der Waals surface area contributed by atoms with Gasteiger partial charge >= 0.3 is 118 Å². The van der Waals surface area contributed by atoms with Gasteiger partial charge in [-0.05, 0) is 0 Å². The summed E-state index contributed by atoms with van der Waals surface area (Å²) in [5, 5.41) is 0. The van der Waals surface area contributed by atoms with Crippen molar-refractivity contribution >= 4 is 46.8 Å². The van der Waals surface area contributed by atoms with E-state index >= 15 is 0 Å². The molecule has 0 aliphatic heterocycles. The van der Waals surface area contributed by atoms with Crippen molar-refractivity contribution in [3.8, 4) is 0 Å². The van der Waals surface area contributed by atoms with E-state index in [1.165, 1.54) is 21.8 Å². The van der Waals surface area contributed by atoms with Crippen molar-refractivity contribution < 1.29 is 0 Å². The summed E-state index contributed by atoms with van der Waals surface area (Å²) in [4.78, 5) is 0. The molecule has 0 fully saturated rings. The monoisotopic (exact) mass is 402 g/mol. The molecule has 0 bridgehead atoms. The molecule has 0 saturated carbocycles. The molecule has 0 nitrogen and oxygen atoms in total. The van der Waals surface area contributed by atoms with Crippen LogP contribution in [0.25, 0.3) is 0 Å². The molecule has 0 radical (unpaired) electrons. The average Bonchev–Trinajstić information content (AvgIpc) is 2.28. The summed E-state index contributed by atoms with van der Waals surface area (Å²) in [6.45, 7) is 8.92. The first-order chi connectivity index (χ1) is 7.10. The standard InChI is InChI=1S/C12H20Br2Se/c1-5-9(13)11(7-3)15-12(8-4)10(14)6-2/h5-8H2,1-4H3/b11-9+,12-10+. The van der Waals surface area contributed by atoms with E-state index in [0.29, 0.717) is 15.0 Å². The van der Waals surface area contributed by atoms with Crippen LogP contribution in [0.15, 0.2) is 17.9 Å². The Kier molecular flexibility index (Phi) is 9.62. The fourth-order valence-corrected chi connectivity index (χ4v) is 4.88. The van der Waals surface area contributed by atoms with E-state index < -0.39 is 0 Å². The Bertz CT molecular complexity index is 228. The van der Waals surface area contributed by atoms with Crippen molar-refractivity contribution in [1.82, 2.24) is 0 Å². The molecule has 0 saturated heterocycles. The van der Waals surface area contributed by atoms with Gasteiger partial charge in [0, 0.05) is 0 Å². The number of hydrogen-bond donors (Lipinski definition) is 0. The summed E-state index contributed by atoms with van der Waals surface area (Å²) in [6, 6.07) is 0. The normalized spacial score (nSPS) is 14.8. The molecule has 0 unspecified atom stereocenters. The molecule has 0 aliphatic rings. The van der Waals surface area contributed by atoms with Crippen molar-refractivity contribution in [2.45, 2.75) is 53.4 Å². The Hall–Kier alpha value is 0.959. The Morgan fingerprint density at radius 1 is 0.733 bits per heavy atom. The van der Waals surface area contributed by atoms with Crippen molar-refractivity contribution in [1.29, 1.82) is 0 Å².